The van der Waals surface area contributed by atoms with Gasteiger partial charge in [-0.2, -0.15) is 13.9 Å². The van der Waals surface area contributed by atoms with Gasteiger partial charge in [0.05, 0.1) is 34.7 Å². The Morgan fingerprint density at radius 3 is 2.90 bits per heavy atom. The minimum absolute atomic E-state index is 0.0998. The van der Waals surface area contributed by atoms with Gasteiger partial charge in [0.15, 0.2) is 12.4 Å². The monoisotopic (exact) mass is 429 g/mol. The number of aromatic nitrogens is 3. The molecule has 6 nitrogen and oxygen atoms in total. The van der Waals surface area contributed by atoms with Gasteiger partial charge in [0.25, 0.3) is 0 Å². The Morgan fingerprint density at radius 1 is 1.29 bits per heavy atom. The number of fused-ring (bicyclic) bond motifs is 2. The first kappa shape index (κ1) is 19.8. The van der Waals surface area contributed by atoms with Gasteiger partial charge in [0.2, 0.25) is 0 Å². The fourth-order valence-electron chi connectivity index (χ4n) is 4.25. The second-order valence-electron chi connectivity index (χ2n) is 8.14. The number of ether oxygens (including phenoxy) is 1. The Labute approximate surface area is 177 Å². The predicted octanol–water partition coefficient (Wildman–Crippen LogP) is 4.54. The maximum Gasteiger partial charge on any atom is 0.310 e. The highest BCUT2D eigenvalue weighted by Gasteiger charge is 2.42. The van der Waals surface area contributed by atoms with Gasteiger partial charge in [-0.05, 0) is 32.4 Å². The normalized spacial score (nSPS) is 20.5. The molecule has 31 heavy (non-hydrogen) atoms. The van der Waals surface area contributed by atoms with Crippen molar-refractivity contribution in [1.82, 2.24) is 15.2 Å². The zero-order chi connectivity index (χ0) is 21.8. The molecular formula is C22H22F3N5O. The predicted molar refractivity (Wildman–Crippen MR) is 112 cm³/mol. The van der Waals surface area contributed by atoms with Crippen molar-refractivity contribution in [3.63, 3.8) is 0 Å². The minimum atomic E-state index is -3.00. The summed E-state index contributed by atoms with van der Waals surface area (Å²) in [7, 11) is 0. The Bertz CT molecular complexity index is 1160. The number of aryl methyl sites for hydroxylation is 1. The molecule has 1 fully saturated rings. The number of pyridine rings is 1. The third-order valence-corrected chi connectivity index (χ3v) is 5.92. The number of nitrogens with one attached hydrogen (secondary N) is 1. The van der Waals surface area contributed by atoms with E-state index >= 15 is 0 Å². The first-order chi connectivity index (χ1) is 14.8. The van der Waals surface area contributed by atoms with E-state index in [0.717, 1.165) is 11.1 Å². The average Bonchev–Trinajstić information content (AvgIpc) is 3.33. The van der Waals surface area contributed by atoms with Crippen LogP contribution in [0.15, 0.2) is 30.5 Å². The lowest BCUT2D eigenvalue weighted by atomic mass is 10.0. The highest BCUT2D eigenvalue weighted by atomic mass is 19.3. The molecule has 2 aliphatic rings. The zero-order valence-electron chi connectivity index (χ0n) is 17.2. The molecule has 0 spiro atoms. The molecule has 9 heteroatoms. The molecule has 0 amide bonds. The summed E-state index contributed by atoms with van der Waals surface area (Å²) >= 11 is 0. The van der Waals surface area contributed by atoms with Crippen LogP contribution in [0.3, 0.4) is 0 Å². The van der Waals surface area contributed by atoms with E-state index in [1.165, 1.54) is 6.07 Å². The van der Waals surface area contributed by atoms with Gasteiger partial charge in [-0.15, -0.1) is 5.10 Å². The maximum atomic E-state index is 14.1. The largest absolute Gasteiger partial charge is 0.486 e. The number of hydrogen-bond donors (Lipinski definition) is 1. The first-order valence-corrected chi connectivity index (χ1v) is 10.3. The second-order valence-corrected chi connectivity index (χ2v) is 8.14. The van der Waals surface area contributed by atoms with Crippen molar-refractivity contribution in [2.45, 2.75) is 38.4 Å². The topological polar surface area (TPSA) is 63.2 Å². The van der Waals surface area contributed by atoms with Crippen LogP contribution in [0.5, 0.6) is 5.75 Å². The van der Waals surface area contributed by atoms with E-state index < -0.39 is 18.7 Å². The van der Waals surface area contributed by atoms with E-state index in [0.29, 0.717) is 42.1 Å². The zero-order valence-corrected chi connectivity index (χ0v) is 17.2. The van der Waals surface area contributed by atoms with Crippen LogP contribution in [0.4, 0.5) is 24.7 Å². The van der Waals surface area contributed by atoms with E-state index in [4.69, 9.17) is 4.74 Å². The summed E-state index contributed by atoms with van der Waals surface area (Å²) in [6.45, 7) is 3.99. The summed E-state index contributed by atoms with van der Waals surface area (Å²) < 4.78 is 47.1. The molecule has 4 heterocycles. The molecule has 2 aromatic heterocycles. The number of para-hydroxylation sites is 1. The maximum absolute atomic E-state index is 14.1. The van der Waals surface area contributed by atoms with Crippen LogP contribution in [0, 0.1) is 6.92 Å². The molecule has 0 bridgehead atoms. The molecule has 1 N–H and O–H groups in total. The molecule has 2 aliphatic heterocycles. The summed E-state index contributed by atoms with van der Waals surface area (Å²) in [6, 6.07) is 6.32. The number of rotatable bonds is 4. The molecule has 162 valence electrons. The lowest BCUT2D eigenvalue weighted by Gasteiger charge is -2.20. The van der Waals surface area contributed by atoms with E-state index in [1.807, 2.05) is 24.8 Å². The van der Waals surface area contributed by atoms with E-state index in [1.54, 1.807) is 18.3 Å². The van der Waals surface area contributed by atoms with Crippen LogP contribution in [0.25, 0.3) is 10.9 Å². The fourth-order valence-corrected chi connectivity index (χ4v) is 4.25. The van der Waals surface area contributed by atoms with E-state index in [2.05, 4.69) is 20.5 Å². The summed E-state index contributed by atoms with van der Waals surface area (Å²) in [4.78, 5) is 6.50. The molecule has 5 rings (SSSR count). The van der Waals surface area contributed by atoms with Crippen molar-refractivity contribution in [3.8, 4) is 5.75 Å². The van der Waals surface area contributed by atoms with Gasteiger partial charge in [-0.3, -0.25) is 4.98 Å². The van der Waals surface area contributed by atoms with Crippen LogP contribution < -0.4 is 15.0 Å². The van der Waals surface area contributed by atoms with Crippen molar-refractivity contribution in [2.75, 3.05) is 29.9 Å². The minimum Gasteiger partial charge on any atom is -0.486 e. The van der Waals surface area contributed by atoms with Crippen molar-refractivity contribution in [2.24, 2.45) is 0 Å². The summed E-state index contributed by atoms with van der Waals surface area (Å²) in [5.41, 5.74) is 2.70. The number of benzene rings is 1. The molecule has 0 radical (unpaired) electrons. The smallest absolute Gasteiger partial charge is 0.310 e. The summed E-state index contributed by atoms with van der Waals surface area (Å²) in [5.74, 6) is -2.30. The molecule has 2 atom stereocenters. The first-order valence-electron chi connectivity index (χ1n) is 10.3. The van der Waals surface area contributed by atoms with Crippen molar-refractivity contribution in [3.05, 3.63) is 47.3 Å². The van der Waals surface area contributed by atoms with Gasteiger partial charge in [0, 0.05) is 24.0 Å². The Morgan fingerprint density at radius 2 is 2.13 bits per heavy atom. The lowest BCUT2D eigenvalue weighted by Crippen LogP contribution is -2.20. The molecule has 0 saturated carbocycles. The SMILES string of the molecule is Cc1nnc(N[C@H](C)c2cccc3c2OCC3(F)F)c2cc(N3CC[C@@H](F)C3)cnc12. The van der Waals surface area contributed by atoms with E-state index in [-0.39, 0.29) is 17.4 Å². The molecule has 0 aliphatic carbocycles. The number of anilines is 2. The Kier molecular flexibility index (Phi) is 4.64. The number of nitrogens with zero attached hydrogens (tertiary/aromatic N) is 4. The van der Waals surface area contributed by atoms with Crippen LogP contribution >= 0.6 is 0 Å². The Hall–Kier alpha value is -3.10. The van der Waals surface area contributed by atoms with E-state index in [9.17, 15) is 13.2 Å². The lowest BCUT2D eigenvalue weighted by molar-refractivity contribution is -0.0214. The highest BCUT2D eigenvalue weighted by Crippen LogP contribution is 2.45. The van der Waals surface area contributed by atoms with Crippen molar-refractivity contribution >= 4 is 22.4 Å². The van der Waals surface area contributed by atoms with Gasteiger partial charge >= 0.3 is 5.92 Å². The quantitative estimate of drug-likeness (QED) is 0.657. The summed E-state index contributed by atoms with van der Waals surface area (Å²) in [5, 5.41) is 12.5. The highest BCUT2D eigenvalue weighted by molar-refractivity contribution is 5.92. The molecule has 1 aromatic carbocycles. The molecule has 3 aromatic rings. The van der Waals surface area contributed by atoms with Gasteiger partial charge in [0.1, 0.15) is 11.9 Å². The third-order valence-electron chi connectivity index (χ3n) is 5.92. The van der Waals surface area contributed by atoms with Crippen LogP contribution in [-0.2, 0) is 5.92 Å². The third kappa shape index (κ3) is 3.41. The van der Waals surface area contributed by atoms with Crippen molar-refractivity contribution in [1.29, 1.82) is 0 Å². The number of alkyl halides is 3. The van der Waals surface area contributed by atoms with Crippen molar-refractivity contribution < 1.29 is 17.9 Å². The Balaban J connectivity index is 1.51. The fraction of sp³-hybridized carbons (Fsp3) is 0.409. The van der Waals surface area contributed by atoms with Crippen LogP contribution in [-0.4, -0.2) is 41.0 Å². The molecular weight excluding hydrogens is 407 g/mol. The van der Waals surface area contributed by atoms with Crippen LogP contribution in [0.2, 0.25) is 0 Å². The van der Waals surface area contributed by atoms with Gasteiger partial charge < -0.3 is 15.0 Å². The average molecular weight is 429 g/mol. The molecule has 1 saturated heterocycles. The molecule has 0 unspecified atom stereocenters. The number of hydrogen-bond acceptors (Lipinski definition) is 6. The second kappa shape index (κ2) is 7.25. The standard InChI is InChI=1S/C22H22F3N5O/c1-12(16-4-3-5-18-20(16)31-11-22(18,24)25)27-21-17-8-15(30-7-6-14(23)10-30)9-26-19(17)13(2)28-29-21/h3-5,8-9,12,14H,6-7,10-11H2,1-2H3,(H,27,29)/t12-,14-/m1/s1. The van der Waals surface area contributed by atoms with Gasteiger partial charge in [-0.1, -0.05) is 12.1 Å². The van der Waals surface area contributed by atoms with Crippen LogP contribution in [0.1, 0.15) is 36.2 Å². The van der Waals surface area contributed by atoms with Gasteiger partial charge in [-0.25, -0.2) is 4.39 Å². The summed E-state index contributed by atoms with van der Waals surface area (Å²) in [6.07, 6.45) is 1.38. The number of halogens is 3.